The van der Waals surface area contributed by atoms with E-state index >= 15 is 0 Å². The number of nitrogens with zero attached hydrogens (tertiary/aromatic N) is 1. The molecule has 0 saturated heterocycles. The number of aromatic nitrogens is 1. The van der Waals surface area contributed by atoms with Gasteiger partial charge in [-0.1, -0.05) is 11.6 Å². The highest BCUT2D eigenvalue weighted by molar-refractivity contribution is 6.31. The van der Waals surface area contributed by atoms with Crippen molar-refractivity contribution < 1.29 is 32.6 Å². The highest BCUT2D eigenvalue weighted by Crippen LogP contribution is 2.31. The van der Waals surface area contributed by atoms with Crippen molar-refractivity contribution in [2.24, 2.45) is 0 Å². The summed E-state index contributed by atoms with van der Waals surface area (Å²) in [6.45, 7) is -1.13. The third kappa shape index (κ3) is 5.79. The molecular formula is C24H21ClF2N2O5. The maximum absolute atomic E-state index is 13.5. The van der Waals surface area contributed by atoms with Crippen molar-refractivity contribution in [3.63, 3.8) is 0 Å². The van der Waals surface area contributed by atoms with Gasteiger partial charge in [-0.3, -0.25) is 9.59 Å². The van der Waals surface area contributed by atoms with E-state index in [-0.39, 0.29) is 35.2 Å². The Bertz CT molecular complexity index is 1210. The molecule has 0 unspecified atom stereocenters. The first kappa shape index (κ1) is 24.9. The van der Waals surface area contributed by atoms with Gasteiger partial charge < -0.3 is 19.5 Å². The summed E-state index contributed by atoms with van der Waals surface area (Å²) < 4.78 is 41.6. The summed E-state index contributed by atoms with van der Waals surface area (Å²) in [5.74, 6) is -0.651. The minimum Gasteiger partial charge on any atom is -0.494 e. The molecule has 1 heterocycles. The number of ether oxygens (including phenoxy) is 3. The van der Waals surface area contributed by atoms with Gasteiger partial charge in [-0.25, -0.2) is 13.8 Å². The van der Waals surface area contributed by atoms with Crippen LogP contribution in [0.15, 0.2) is 48.5 Å². The van der Waals surface area contributed by atoms with E-state index in [0.717, 1.165) is 0 Å². The maximum atomic E-state index is 13.5. The molecule has 2 aromatic carbocycles. The number of carbonyl (C=O) groups is 2. The zero-order valence-corrected chi connectivity index (χ0v) is 19.1. The molecule has 0 atom stereocenters. The SMILES string of the molecule is COc1cc(C(=O)NCC(=O)c2ccc(OC)c(-c3ccc(F)c(Cl)c3)n2)ccc1OCCF. The Balaban J connectivity index is 1.74. The number of halogens is 3. The quantitative estimate of drug-likeness (QED) is 0.420. The molecule has 1 amide bonds. The molecule has 1 N–H and O–H groups in total. The fraction of sp³-hybridized carbons (Fsp3) is 0.208. The number of Topliss-reactive ketones (excluding diaryl/α,β-unsaturated/α-hetero) is 1. The Kier molecular flexibility index (Phi) is 8.37. The van der Waals surface area contributed by atoms with Crippen LogP contribution in [0.2, 0.25) is 5.02 Å². The van der Waals surface area contributed by atoms with Crippen molar-refractivity contribution in [1.29, 1.82) is 0 Å². The first-order valence-corrected chi connectivity index (χ1v) is 10.4. The number of hydrogen-bond donors (Lipinski definition) is 1. The average molecular weight is 491 g/mol. The van der Waals surface area contributed by atoms with Crippen LogP contribution < -0.4 is 19.5 Å². The molecule has 3 aromatic rings. The minimum atomic E-state index is -0.664. The summed E-state index contributed by atoms with van der Waals surface area (Å²) in [4.78, 5) is 29.5. The monoisotopic (exact) mass is 490 g/mol. The Morgan fingerprint density at radius 1 is 1.00 bits per heavy atom. The summed E-state index contributed by atoms with van der Waals surface area (Å²) in [7, 11) is 2.83. The van der Waals surface area contributed by atoms with Gasteiger partial charge in [-0.05, 0) is 48.5 Å². The fourth-order valence-corrected chi connectivity index (χ4v) is 3.23. The second-order valence-electron chi connectivity index (χ2n) is 6.89. The molecule has 0 aliphatic rings. The van der Waals surface area contributed by atoms with Gasteiger partial charge in [0.25, 0.3) is 5.91 Å². The second kappa shape index (κ2) is 11.4. The van der Waals surface area contributed by atoms with E-state index < -0.39 is 24.2 Å². The third-order valence-electron chi connectivity index (χ3n) is 4.73. The predicted octanol–water partition coefficient (Wildman–Crippen LogP) is 4.52. The van der Waals surface area contributed by atoms with Crippen LogP contribution in [0.25, 0.3) is 11.3 Å². The van der Waals surface area contributed by atoms with Gasteiger partial charge in [0, 0.05) is 11.1 Å². The number of alkyl halides is 1. The predicted molar refractivity (Wildman–Crippen MR) is 122 cm³/mol. The molecular weight excluding hydrogens is 470 g/mol. The highest BCUT2D eigenvalue weighted by atomic mass is 35.5. The summed E-state index contributed by atoms with van der Waals surface area (Å²) in [5.41, 5.74) is 1.06. The lowest BCUT2D eigenvalue weighted by Gasteiger charge is -2.12. The fourth-order valence-electron chi connectivity index (χ4n) is 3.05. The molecule has 178 valence electrons. The maximum Gasteiger partial charge on any atom is 0.251 e. The zero-order chi connectivity index (χ0) is 24.7. The second-order valence-corrected chi connectivity index (χ2v) is 7.29. The summed E-state index contributed by atoms with van der Waals surface area (Å²) in [6.07, 6.45) is 0. The van der Waals surface area contributed by atoms with Gasteiger partial charge in [0.05, 0.1) is 25.8 Å². The van der Waals surface area contributed by atoms with Crippen molar-refractivity contribution in [3.8, 4) is 28.5 Å². The number of methoxy groups -OCH3 is 2. The molecule has 0 saturated carbocycles. The minimum absolute atomic E-state index is 0.0732. The van der Waals surface area contributed by atoms with Crippen molar-refractivity contribution >= 4 is 23.3 Å². The molecule has 0 aliphatic carbocycles. The molecule has 10 heteroatoms. The van der Waals surface area contributed by atoms with Crippen molar-refractivity contribution in [1.82, 2.24) is 10.3 Å². The lowest BCUT2D eigenvalue weighted by molar-refractivity contribution is 0.0902. The van der Waals surface area contributed by atoms with Crippen LogP contribution in [-0.2, 0) is 0 Å². The first-order chi connectivity index (χ1) is 16.4. The Hall–Kier alpha value is -3.72. The molecule has 1 aromatic heterocycles. The molecule has 0 bridgehead atoms. The largest absolute Gasteiger partial charge is 0.494 e. The normalized spacial score (nSPS) is 10.5. The number of carbonyl (C=O) groups excluding carboxylic acids is 2. The molecule has 0 aliphatic heterocycles. The van der Waals surface area contributed by atoms with Crippen LogP contribution in [-0.4, -0.2) is 50.7 Å². The number of hydrogen-bond acceptors (Lipinski definition) is 6. The highest BCUT2D eigenvalue weighted by Gasteiger charge is 2.17. The summed E-state index contributed by atoms with van der Waals surface area (Å²) >= 11 is 5.87. The van der Waals surface area contributed by atoms with E-state index in [4.69, 9.17) is 25.8 Å². The van der Waals surface area contributed by atoms with Crippen molar-refractivity contribution in [2.75, 3.05) is 34.0 Å². The van der Waals surface area contributed by atoms with E-state index in [2.05, 4.69) is 10.3 Å². The first-order valence-electron chi connectivity index (χ1n) is 10.1. The van der Waals surface area contributed by atoms with E-state index in [0.29, 0.717) is 22.8 Å². The van der Waals surface area contributed by atoms with Gasteiger partial charge >= 0.3 is 0 Å². The van der Waals surface area contributed by atoms with Crippen molar-refractivity contribution in [2.45, 2.75) is 0 Å². The van der Waals surface area contributed by atoms with Crippen LogP contribution in [0, 0.1) is 5.82 Å². The van der Waals surface area contributed by atoms with Gasteiger partial charge in [0.1, 0.15) is 36.2 Å². The smallest absolute Gasteiger partial charge is 0.251 e. The lowest BCUT2D eigenvalue weighted by Crippen LogP contribution is -2.30. The standard InChI is InChI=1S/C24H21ClF2N2O5/c1-32-21-8-6-18(29-23(21)14-3-5-17(27)16(25)11-14)19(30)13-28-24(31)15-4-7-20(34-10-9-26)22(12-15)33-2/h3-8,11-12H,9-10,13H2,1-2H3,(H,28,31). The number of nitrogens with one attached hydrogen (secondary N) is 1. The molecule has 0 spiro atoms. The Morgan fingerprint density at radius 2 is 1.74 bits per heavy atom. The van der Waals surface area contributed by atoms with Crippen LogP contribution in [0.1, 0.15) is 20.8 Å². The topological polar surface area (TPSA) is 86.8 Å². The summed E-state index contributed by atoms with van der Waals surface area (Å²) in [5, 5.41) is 2.43. The van der Waals surface area contributed by atoms with Gasteiger partial charge in [0.2, 0.25) is 0 Å². The zero-order valence-electron chi connectivity index (χ0n) is 18.4. The number of pyridine rings is 1. The van der Waals surface area contributed by atoms with E-state index in [1.807, 2.05) is 0 Å². The van der Waals surface area contributed by atoms with E-state index in [1.165, 1.54) is 56.7 Å². The average Bonchev–Trinajstić information content (AvgIpc) is 2.86. The van der Waals surface area contributed by atoms with Crippen LogP contribution in [0.4, 0.5) is 8.78 Å². The molecule has 0 radical (unpaired) electrons. The number of rotatable bonds is 10. The van der Waals surface area contributed by atoms with Crippen LogP contribution >= 0.6 is 11.6 Å². The van der Waals surface area contributed by atoms with Gasteiger partial charge in [-0.15, -0.1) is 0 Å². The Morgan fingerprint density at radius 3 is 2.41 bits per heavy atom. The summed E-state index contributed by atoms with van der Waals surface area (Å²) in [6, 6.07) is 11.4. The van der Waals surface area contributed by atoms with Gasteiger partial charge in [0.15, 0.2) is 17.3 Å². The number of benzene rings is 2. The van der Waals surface area contributed by atoms with Crippen LogP contribution in [0.5, 0.6) is 17.2 Å². The Labute approximate surface area is 199 Å². The molecule has 0 fully saturated rings. The molecule has 34 heavy (non-hydrogen) atoms. The molecule has 7 nitrogen and oxygen atoms in total. The van der Waals surface area contributed by atoms with Crippen LogP contribution in [0.3, 0.4) is 0 Å². The number of ketones is 1. The molecule has 3 rings (SSSR count). The van der Waals surface area contributed by atoms with E-state index in [9.17, 15) is 18.4 Å². The van der Waals surface area contributed by atoms with E-state index in [1.54, 1.807) is 6.07 Å². The third-order valence-corrected chi connectivity index (χ3v) is 5.02. The number of amides is 1. The lowest BCUT2D eigenvalue weighted by atomic mass is 10.1. The van der Waals surface area contributed by atoms with Gasteiger partial charge in [-0.2, -0.15) is 0 Å². The van der Waals surface area contributed by atoms with Crippen molar-refractivity contribution in [3.05, 3.63) is 70.6 Å².